The lowest BCUT2D eigenvalue weighted by molar-refractivity contribution is 0.0572. The average molecular weight is 331 g/mol. The zero-order valence-corrected chi connectivity index (χ0v) is 12.6. The second-order valence-corrected chi connectivity index (χ2v) is 6.92. The van der Waals surface area contributed by atoms with Gasteiger partial charge in [-0.1, -0.05) is 23.4 Å². The number of nitrogens with two attached hydrogens (primary N) is 1. The molecule has 0 aliphatic carbocycles. The number of nitrogens with zero attached hydrogens (tertiary/aromatic N) is 1. The van der Waals surface area contributed by atoms with Gasteiger partial charge in [-0.2, -0.15) is 4.31 Å². The summed E-state index contributed by atoms with van der Waals surface area (Å²) in [5.41, 5.74) is 5.83. The van der Waals surface area contributed by atoms with Crippen molar-refractivity contribution in [2.45, 2.75) is 17.1 Å². The predicted molar refractivity (Wildman–Crippen MR) is 78.2 cm³/mol. The molecule has 8 heteroatoms. The van der Waals surface area contributed by atoms with E-state index in [1.54, 1.807) is 0 Å². The summed E-state index contributed by atoms with van der Waals surface area (Å²) in [6.07, 6.45) is -2.18. The molecule has 4 N–H and O–H groups in total. The van der Waals surface area contributed by atoms with Gasteiger partial charge in [-0.05, 0) is 18.2 Å². The molecule has 0 aromatic heterocycles. The molecule has 1 heterocycles. The molecular formula is C13H15ClN2O4S. The van der Waals surface area contributed by atoms with Crippen LogP contribution in [0.2, 0.25) is 5.02 Å². The van der Waals surface area contributed by atoms with Crippen LogP contribution in [0.5, 0.6) is 0 Å². The minimum atomic E-state index is -3.86. The molecule has 2 unspecified atom stereocenters. The molecule has 1 saturated heterocycles. The fraction of sp³-hybridized carbons (Fsp3) is 0.385. The summed E-state index contributed by atoms with van der Waals surface area (Å²) in [4.78, 5) is -0.0798. The highest BCUT2D eigenvalue weighted by Gasteiger charge is 2.38. The fourth-order valence-corrected chi connectivity index (χ4v) is 4.01. The molecule has 1 aliphatic heterocycles. The van der Waals surface area contributed by atoms with Crippen LogP contribution in [-0.2, 0) is 10.0 Å². The summed E-state index contributed by atoms with van der Waals surface area (Å²) < 4.78 is 25.9. The van der Waals surface area contributed by atoms with Crippen LogP contribution < -0.4 is 5.73 Å². The van der Waals surface area contributed by atoms with Gasteiger partial charge < -0.3 is 15.9 Å². The van der Waals surface area contributed by atoms with E-state index in [9.17, 15) is 18.6 Å². The normalized spacial score (nSPS) is 22.9. The number of hydrogen-bond acceptors (Lipinski definition) is 5. The van der Waals surface area contributed by atoms with Crippen LogP contribution in [0.1, 0.15) is 5.56 Å². The lowest BCUT2D eigenvalue weighted by atomic mass is 10.2. The van der Waals surface area contributed by atoms with Crippen LogP contribution in [0.15, 0.2) is 23.1 Å². The number of β-amino-alcohol motifs (C(OH)–C–C–N with tert-alkyl or cyclic N) is 2. The number of sulfonamides is 1. The van der Waals surface area contributed by atoms with Crippen LogP contribution in [0.25, 0.3) is 0 Å². The second kappa shape index (κ2) is 6.32. The Balaban J connectivity index is 2.33. The van der Waals surface area contributed by atoms with Crippen LogP contribution in [0.4, 0.5) is 0 Å². The SMILES string of the molecule is NCC#Cc1ccc(S(=O)(=O)N2CC(O)C(O)C2)c(Cl)c1. The van der Waals surface area contributed by atoms with Gasteiger partial charge in [0.25, 0.3) is 0 Å². The van der Waals surface area contributed by atoms with Gasteiger partial charge in [0.2, 0.25) is 10.0 Å². The Morgan fingerprint density at radius 2 is 1.95 bits per heavy atom. The van der Waals surface area contributed by atoms with E-state index in [1.807, 2.05) is 0 Å². The largest absolute Gasteiger partial charge is 0.389 e. The Morgan fingerprint density at radius 3 is 2.48 bits per heavy atom. The van der Waals surface area contributed by atoms with E-state index in [-0.39, 0.29) is 29.6 Å². The summed E-state index contributed by atoms with van der Waals surface area (Å²) >= 11 is 6.01. The maximum Gasteiger partial charge on any atom is 0.244 e. The zero-order chi connectivity index (χ0) is 15.6. The zero-order valence-electron chi connectivity index (χ0n) is 11.0. The molecule has 2 atom stereocenters. The van der Waals surface area contributed by atoms with Crippen molar-refractivity contribution in [3.8, 4) is 11.8 Å². The van der Waals surface area contributed by atoms with Gasteiger partial charge in [0.1, 0.15) is 4.90 Å². The number of hydrogen-bond donors (Lipinski definition) is 3. The van der Waals surface area contributed by atoms with E-state index >= 15 is 0 Å². The highest BCUT2D eigenvalue weighted by atomic mass is 35.5. The molecule has 1 aromatic carbocycles. The maximum atomic E-state index is 12.4. The first-order valence-electron chi connectivity index (χ1n) is 6.21. The lowest BCUT2D eigenvalue weighted by Gasteiger charge is -2.16. The van der Waals surface area contributed by atoms with E-state index < -0.39 is 22.2 Å². The third-order valence-corrected chi connectivity index (χ3v) is 5.42. The van der Waals surface area contributed by atoms with E-state index in [4.69, 9.17) is 17.3 Å². The maximum absolute atomic E-state index is 12.4. The average Bonchev–Trinajstić information content (AvgIpc) is 2.77. The van der Waals surface area contributed by atoms with E-state index in [0.29, 0.717) is 5.56 Å². The van der Waals surface area contributed by atoms with Crippen LogP contribution in [-0.4, -0.2) is 54.8 Å². The molecule has 1 fully saturated rings. The van der Waals surface area contributed by atoms with Gasteiger partial charge in [-0.25, -0.2) is 8.42 Å². The summed E-state index contributed by atoms with van der Waals surface area (Å²) in [6, 6.07) is 4.33. The van der Waals surface area contributed by atoms with Gasteiger partial charge in [0.05, 0.1) is 23.8 Å². The fourth-order valence-electron chi connectivity index (χ4n) is 2.01. The Labute approximate surface area is 128 Å². The molecule has 1 aliphatic rings. The van der Waals surface area contributed by atoms with E-state index in [0.717, 1.165) is 4.31 Å². The summed E-state index contributed by atoms with van der Waals surface area (Å²) in [7, 11) is -3.86. The molecule has 6 nitrogen and oxygen atoms in total. The van der Waals surface area contributed by atoms with Crippen molar-refractivity contribution in [2.24, 2.45) is 5.73 Å². The summed E-state index contributed by atoms with van der Waals surface area (Å²) in [6.45, 7) is -0.121. The Hall–Kier alpha value is -1.14. The van der Waals surface area contributed by atoms with Crippen molar-refractivity contribution in [1.29, 1.82) is 0 Å². The first-order chi connectivity index (χ1) is 9.86. The first kappa shape index (κ1) is 16.2. The molecule has 0 bridgehead atoms. The molecule has 1 aromatic rings. The van der Waals surface area contributed by atoms with Crippen LogP contribution in [0.3, 0.4) is 0 Å². The quantitative estimate of drug-likeness (QED) is 0.627. The molecule has 2 rings (SSSR count). The van der Waals surface area contributed by atoms with Crippen molar-refractivity contribution in [3.05, 3.63) is 28.8 Å². The van der Waals surface area contributed by atoms with Crippen LogP contribution in [0, 0.1) is 11.8 Å². The minimum Gasteiger partial charge on any atom is -0.389 e. The first-order valence-corrected chi connectivity index (χ1v) is 8.03. The molecule has 114 valence electrons. The van der Waals surface area contributed by atoms with Gasteiger partial charge in [0.15, 0.2) is 0 Å². The smallest absolute Gasteiger partial charge is 0.244 e. The highest BCUT2D eigenvalue weighted by molar-refractivity contribution is 7.89. The number of aliphatic hydroxyl groups excluding tert-OH is 2. The Bertz CT molecular complexity index is 686. The van der Waals surface area contributed by atoms with Crippen molar-refractivity contribution in [3.63, 3.8) is 0 Å². The van der Waals surface area contributed by atoms with Crippen molar-refractivity contribution >= 4 is 21.6 Å². The Kier molecular flexibility index (Phi) is 4.88. The monoisotopic (exact) mass is 330 g/mol. The summed E-state index contributed by atoms with van der Waals surface area (Å²) in [5.74, 6) is 5.41. The van der Waals surface area contributed by atoms with Crippen molar-refractivity contribution in [2.75, 3.05) is 19.6 Å². The lowest BCUT2D eigenvalue weighted by Crippen LogP contribution is -2.30. The van der Waals surface area contributed by atoms with Crippen molar-refractivity contribution in [1.82, 2.24) is 4.31 Å². The highest BCUT2D eigenvalue weighted by Crippen LogP contribution is 2.28. The molecule has 0 saturated carbocycles. The van der Waals surface area contributed by atoms with Crippen molar-refractivity contribution < 1.29 is 18.6 Å². The van der Waals surface area contributed by atoms with Crippen LogP contribution >= 0.6 is 11.6 Å². The van der Waals surface area contributed by atoms with Gasteiger partial charge in [-0.3, -0.25) is 0 Å². The third-order valence-electron chi connectivity index (χ3n) is 3.11. The second-order valence-electron chi connectivity index (χ2n) is 4.61. The number of benzene rings is 1. The van der Waals surface area contributed by atoms with Gasteiger partial charge >= 0.3 is 0 Å². The number of rotatable bonds is 2. The third kappa shape index (κ3) is 3.37. The molecule has 0 radical (unpaired) electrons. The Morgan fingerprint density at radius 1 is 1.33 bits per heavy atom. The van der Waals surface area contributed by atoms with Gasteiger partial charge in [-0.15, -0.1) is 0 Å². The van der Waals surface area contributed by atoms with E-state index in [1.165, 1.54) is 18.2 Å². The topological polar surface area (TPSA) is 104 Å². The summed E-state index contributed by atoms with van der Waals surface area (Å²) in [5, 5.41) is 19.0. The van der Waals surface area contributed by atoms with Gasteiger partial charge in [0, 0.05) is 18.7 Å². The molecule has 0 amide bonds. The molecule has 21 heavy (non-hydrogen) atoms. The molecule has 0 spiro atoms. The van der Waals surface area contributed by atoms with E-state index in [2.05, 4.69) is 11.8 Å². The number of aliphatic hydroxyl groups is 2. The standard InChI is InChI=1S/C13H15ClN2O4S/c14-10-6-9(2-1-5-15)3-4-13(10)21(19,20)16-7-11(17)12(18)8-16/h3-4,6,11-12,17-18H,5,7-8,15H2. The molecular weight excluding hydrogens is 316 g/mol. The minimum absolute atomic E-state index is 0.0368. The number of halogens is 1. The predicted octanol–water partition coefficient (Wildman–Crippen LogP) is -0.624.